The lowest BCUT2D eigenvalue weighted by atomic mass is 9.86. The third-order valence-corrected chi connectivity index (χ3v) is 8.56. The van der Waals surface area contributed by atoms with Gasteiger partial charge < -0.3 is 26.0 Å². The van der Waals surface area contributed by atoms with Crippen molar-refractivity contribution in [2.75, 3.05) is 6.61 Å². The van der Waals surface area contributed by atoms with Crippen molar-refractivity contribution in [3.8, 4) is 0 Å². The van der Waals surface area contributed by atoms with E-state index in [2.05, 4.69) is 21.9 Å². The minimum absolute atomic E-state index is 0.156. The number of carbonyl (C=O) groups excluding carboxylic acids is 3. The van der Waals surface area contributed by atoms with Gasteiger partial charge in [0.1, 0.15) is 24.5 Å². The number of nitrogens with two attached hydrogens (primary N) is 2. The lowest BCUT2D eigenvalue weighted by Gasteiger charge is -2.32. The van der Waals surface area contributed by atoms with Gasteiger partial charge >= 0.3 is 5.97 Å². The molecular weight excluding hydrogens is 571 g/mol. The molecule has 0 spiro atoms. The summed E-state index contributed by atoms with van der Waals surface area (Å²) < 4.78 is 25.7. The number of alkyl halides is 1. The van der Waals surface area contributed by atoms with Crippen molar-refractivity contribution in [1.82, 2.24) is 4.90 Å². The molecule has 0 bridgehead atoms. The number of hydrogen-bond acceptors (Lipinski definition) is 11. The lowest BCUT2D eigenvalue weighted by Crippen LogP contribution is -2.60. The minimum Gasteiger partial charge on any atom is -0.453 e. The van der Waals surface area contributed by atoms with Gasteiger partial charge in [-0.15, -0.1) is 0 Å². The highest BCUT2D eigenvalue weighted by molar-refractivity contribution is 6.38. The molecule has 44 heavy (non-hydrogen) atoms. The average Bonchev–Trinajstić information content (AvgIpc) is 3.56. The van der Waals surface area contributed by atoms with Crippen molar-refractivity contribution in [3.63, 3.8) is 0 Å². The summed E-state index contributed by atoms with van der Waals surface area (Å²) >= 11 is 0. The van der Waals surface area contributed by atoms with Crippen molar-refractivity contribution >= 4 is 35.8 Å². The average molecular weight is 623 g/mol. The van der Waals surface area contributed by atoms with Gasteiger partial charge in [0.05, 0.1) is 12.9 Å². The maximum atomic E-state index is 14.4. The number of ether oxygens (including phenoxy) is 2. The maximum Gasteiger partial charge on any atom is 0.323 e. The van der Waals surface area contributed by atoms with Crippen LogP contribution < -0.4 is 11.5 Å². The van der Waals surface area contributed by atoms with E-state index in [9.17, 15) is 23.9 Å². The van der Waals surface area contributed by atoms with Crippen molar-refractivity contribution in [2.45, 2.75) is 147 Å². The number of rotatable bonds is 20. The number of esters is 1. The zero-order valence-corrected chi connectivity index (χ0v) is 26.5. The van der Waals surface area contributed by atoms with Gasteiger partial charge in [-0.3, -0.25) is 19.3 Å². The largest absolute Gasteiger partial charge is 0.453 e. The molecule has 3 aliphatic rings. The standard InChI is InChI=1S/C31H51FN6O6/c1-4-5-6-7-8-9-10-11-12-13-14-15-16-22(44-27(41)25(33)20(2)3)26(40)31-28(36-30(34)37-29(31)42)38(19-35-31)24-17-21(32)23(18-39)43-24/h19-25,39H,4-18,33H2,1-3H3,(H2,34,37,42)/t21?,22?,23-,24-,25+,31?/m1/s1. The Labute approximate surface area is 259 Å². The Morgan fingerprint density at radius 2 is 1.68 bits per heavy atom. The van der Waals surface area contributed by atoms with Gasteiger partial charge in [-0.05, 0) is 18.8 Å². The molecule has 0 saturated carbocycles. The highest BCUT2D eigenvalue weighted by Crippen LogP contribution is 2.35. The number of guanidine groups is 1. The first-order chi connectivity index (χ1) is 21.1. The van der Waals surface area contributed by atoms with E-state index in [1.807, 2.05) is 0 Å². The summed E-state index contributed by atoms with van der Waals surface area (Å²) in [6, 6.07) is -0.971. The van der Waals surface area contributed by atoms with Crippen LogP contribution in [0.4, 0.5) is 4.39 Å². The number of Topliss-reactive ketones (excluding diaryl/α,β-unsaturated/α-hetero) is 1. The van der Waals surface area contributed by atoms with Crippen LogP contribution in [0.2, 0.25) is 0 Å². The Bertz CT molecular complexity index is 1080. The molecule has 1 saturated heterocycles. The summed E-state index contributed by atoms with van der Waals surface area (Å²) in [5, 5.41) is 9.45. The van der Waals surface area contributed by atoms with Gasteiger partial charge in [0.25, 0.3) is 11.4 Å². The molecule has 1 amide bonds. The fourth-order valence-electron chi connectivity index (χ4n) is 5.71. The summed E-state index contributed by atoms with van der Waals surface area (Å²) in [5.74, 6) is -3.40. The predicted molar refractivity (Wildman–Crippen MR) is 166 cm³/mol. The van der Waals surface area contributed by atoms with Crippen LogP contribution in [0.1, 0.15) is 111 Å². The van der Waals surface area contributed by atoms with E-state index in [0.29, 0.717) is 6.42 Å². The van der Waals surface area contributed by atoms with Crippen LogP contribution in [0.5, 0.6) is 0 Å². The molecule has 0 radical (unpaired) electrons. The summed E-state index contributed by atoms with van der Waals surface area (Å²) in [6.07, 6.45) is 9.71. The number of fused-ring (bicyclic) bond motifs is 1. The van der Waals surface area contributed by atoms with Gasteiger partial charge in [0, 0.05) is 6.42 Å². The molecule has 0 aromatic heterocycles. The smallest absolute Gasteiger partial charge is 0.323 e. The molecule has 6 atom stereocenters. The van der Waals surface area contributed by atoms with Crippen LogP contribution in [0.25, 0.3) is 0 Å². The number of amidine groups is 1. The van der Waals surface area contributed by atoms with Gasteiger partial charge in [0.15, 0.2) is 11.9 Å². The Balaban J connectivity index is 1.68. The fraction of sp³-hybridized carbons (Fsp3) is 0.806. The van der Waals surface area contributed by atoms with Crippen LogP contribution in [-0.2, 0) is 23.9 Å². The Morgan fingerprint density at radius 3 is 2.23 bits per heavy atom. The number of ketones is 1. The first-order valence-electron chi connectivity index (χ1n) is 16.3. The third-order valence-electron chi connectivity index (χ3n) is 8.56. The highest BCUT2D eigenvalue weighted by atomic mass is 19.1. The molecule has 0 aromatic carbocycles. The molecule has 0 aliphatic carbocycles. The second-order valence-electron chi connectivity index (χ2n) is 12.4. The van der Waals surface area contributed by atoms with Crippen molar-refractivity contribution in [2.24, 2.45) is 32.4 Å². The summed E-state index contributed by atoms with van der Waals surface area (Å²) in [4.78, 5) is 53.8. The quantitative estimate of drug-likeness (QED) is 0.104. The van der Waals surface area contributed by atoms with Crippen molar-refractivity contribution in [3.05, 3.63) is 0 Å². The second-order valence-corrected chi connectivity index (χ2v) is 12.4. The summed E-state index contributed by atoms with van der Waals surface area (Å²) in [6.45, 7) is 5.19. The van der Waals surface area contributed by atoms with Crippen LogP contribution in [-0.4, -0.2) is 88.6 Å². The third kappa shape index (κ3) is 8.69. The maximum absolute atomic E-state index is 14.4. The van der Waals surface area contributed by atoms with Gasteiger partial charge in [0.2, 0.25) is 11.7 Å². The molecule has 1 fully saturated rings. The number of hydrogen-bond donors (Lipinski definition) is 3. The molecule has 12 nitrogen and oxygen atoms in total. The van der Waals surface area contributed by atoms with E-state index >= 15 is 0 Å². The Morgan fingerprint density at radius 1 is 1.09 bits per heavy atom. The molecule has 13 heteroatoms. The molecule has 248 valence electrons. The monoisotopic (exact) mass is 622 g/mol. The predicted octanol–water partition coefficient (Wildman–Crippen LogP) is 3.32. The Kier molecular flexibility index (Phi) is 13.9. The number of halogens is 1. The molecule has 0 aromatic rings. The molecule has 3 unspecified atom stereocenters. The van der Waals surface area contributed by atoms with Crippen LogP contribution >= 0.6 is 0 Å². The van der Waals surface area contributed by atoms with Crippen LogP contribution in [0, 0.1) is 5.92 Å². The van der Waals surface area contributed by atoms with E-state index < -0.39 is 66.4 Å². The molecule has 5 N–H and O–H groups in total. The first-order valence-corrected chi connectivity index (χ1v) is 16.3. The lowest BCUT2D eigenvalue weighted by molar-refractivity contribution is -0.159. The van der Waals surface area contributed by atoms with Gasteiger partial charge in [-0.2, -0.15) is 9.98 Å². The Hall–Kier alpha value is -2.77. The van der Waals surface area contributed by atoms with Crippen LogP contribution in [0.3, 0.4) is 0 Å². The zero-order valence-electron chi connectivity index (χ0n) is 26.5. The highest BCUT2D eigenvalue weighted by Gasteiger charge is 2.61. The summed E-state index contributed by atoms with van der Waals surface area (Å²) in [5.41, 5.74) is 9.55. The number of carbonyl (C=O) groups is 3. The number of amides is 1. The number of unbranched alkanes of at least 4 members (excludes halogenated alkanes) is 11. The number of aliphatic imine (C=N–C) groups is 3. The molecule has 3 aliphatic heterocycles. The minimum atomic E-state index is -2.26. The summed E-state index contributed by atoms with van der Waals surface area (Å²) in [7, 11) is 0. The number of nitrogens with zero attached hydrogens (tertiary/aromatic N) is 4. The van der Waals surface area contributed by atoms with Gasteiger partial charge in [-0.25, -0.2) is 9.38 Å². The number of aliphatic hydroxyl groups excluding tert-OH is 1. The van der Waals surface area contributed by atoms with E-state index in [1.165, 1.54) is 56.2 Å². The first kappa shape index (κ1) is 35.7. The van der Waals surface area contributed by atoms with Gasteiger partial charge in [-0.1, -0.05) is 91.4 Å². The van der Waals surface area contributed by atoms with E-state index in [4.69, 9.17) is 20.9 Å². The van der Waals surface area contributed by atoms with E-state index in [1.54, 1.807) is 13.8 Å². The number of aliphatic hydroxyl groups is 1. The van der Waals surface area contributed by atoms with E-state index in [-0.39, 0.29) is 24.6 Å². The zero-order chi connectivity index (χ0) is 32.3. The molecular formula is C31H51FN6O6. The molecule has 3 heterocycles. The molecule has 3 rings (SSSR count). The second kappa shape index (κ2) is 17.1. The van der Waals surface area contributed by atoms with Crippen molar-refractivity contribution < 1.29 is 33.4 Å². The SMILES string of the molecule is CCCCCCCCCCCCCCC(OC(=O)[C@@H](N)C(C)C)C(=O)C12N=CN([C@H]3CC(F)[C@@H](CO)O3)C1=NC(N)=NC2=O. The fourth-order valence-corrected chi connectivity index (χ4v) is 5.71. The van der Waals surface area contributed by atoms with Crippen molar-refractivity contribution in [1.29, 1.82) is 0 Å². The normalized spacial score (nSPS) is 26.0. The van der Waals surface area contributed by atoms with Crippen LogP contribution in [0.15, 0.2) is 15.0 Å². The van der Waals surface area contributed by atoms with E-state index in [0.717, 1.165) is 25.7 Å². The topological polar surface area (TPSA) is 182 Å².